The summed E-state index contributed by atoms with van der Waals surface area (Å²) < 4.78 is 10.9. The van der Waals surface area contributed by atoms with Crippen molar-refractivity contribution in [1.82, 2.24) is 5.32 Å². The highest BCUT2D eigenvalue weighted by atomic mass is 16.6. The molecule has 1 aromatic carbocycles. The summed E-state index contributed by atoms with van der Waals surface area (Å²) in [4.78, 5) is 23.3. The molecule has 22 heavy (non-hydrogen) atoms. The lowest BCUT2D eigenvalue weighted by atomic mass is 10.2. The number of anilines is 1. The highest BCUT2D eigenvalue weighted by Gasteiger charge is 2.12. The van der Waals surface area contributed by atoms with Gasteiger partial charge in [-0.2, -0.15) is 0 Å². The third kappa shape index (κ3) is 4.95. The molecule has 0 saturated heterocycles. The van der Waals surface area contributed by atoms with E-state index in [0.717, 1.165) is 12.8 Å². The molecule has 0 unspecified atom stereocenters. The average Bonchev–Trinajstić information content (AvgIpc) is 2.52. The van der Waals surface area contributed by atoms with Crippen LogP contribution >= 0.6 is 0 Å². The minimum absolute atomic E-state index is 0.00557. The molecular formula is C16H22N2O4. The largest absolute Gasteiger partial charge is 0.486 e. The Hall–Kier alpha value is -2.24. The van der Waals surface area contributed by atoms with Gasteiger partial charge < -0.3 is 20.1 Å². The molecule has 0 atom stereocenters. The molecule has 2 rings (SSSR count). The Labute approximate surface area is 130 Å². The molecule has 0 spiro atoms. The van der Waals surface area contributed by atoms with Crippen LogP contribution in [-0.2, 0) is 9.59 Å². The zero-order chi connectivity index (χ0) is 15.8. The molecule has 120 valence electrons. The molecule has 0 aromatic heterocycles. The number of carbonyl (C=O) groups excluding carboxylic acids is 2. The summed E-state index contributed by atoms with van der Waals surface area (Å²) in [5.41, 5.74) is 0.659. The second-order valence-electron chi connectivity index (χ2n) is 5.11. The molecule has 0 radical (unpaired) electrons. The van der Waals surface area contributed by atoms with Crippen molar-refractivity contribution >= 4 is 17.5 Å². The predicted molar refractivity (Wildman–Crippen MR) is 83.2 cm³/mol. The minimum Gasteiger partial charge on any atom is -0.486 e. The van der Waals surface area contributed by atoms with Crippen molar-refractivity contribution in [3.8, 4) is 11.5 Å². The molecule has 6 nitrogen and oxygen atoms in total. The van der Waals surface area contributed by atoms with Crippen molar-refractivity contribution < 1.29 is 19.1 Å². The summed E-state index contributed by atoms with van der Waals surface area (Å²) in [6, 6.07) is 5.29. The highest BCUT2D eigenvalue weighted by molar-refractivity contribution is 5.91. The Bertz CT molecular complexity index is 531. The maximum atomic E-state index is 11.8. The van der Waals surface area contributed by atoms with Crippen LogP contribution in [0, 0.1) is 0 Å². The van der Waals surface area contributed by atoms with Crippen molar-refractivity contribution in [2.24, 2.45) is 0 Å². The Balaban J connectivity index is 1.74. The first-order valence-electron chi connectivity index (χ1n) is 7.65. The van der Waals surface area contributed by atoms with Gasteiger partial charge in [-0.25, -0.2) is 0 Å². The monoisotopic (exact) mass is 306 g/mol. The highest BCUT2D eigenvalue weighted by Crippen LogP contribution is 2.32. The Morgan fingerprint density at radius 1 is 1.09 bits per heavy atom. The summed E-state index contributed by atoms with van der Waals surface area (Å²) >= 11 is 0. The number of nitrogens with one attached hydrogen (secondary N) is 2. The van der Waals surface area contributed by atoms with E-state index in [0.29, 0.717) is 43.4 Å². The van der Waals surface area contributed by atoms with Crippen molar-refractivity contribution in [2.45, 2.75) is 32.6 Å². The summed E-state index contributed by atoms with van der Waals surface area (Å²) in [7, 11) is 0. The number of amides is 2. The van der Waals surface area contributed by atoms with Gasteiger partial charge >= 0.3 is 0 Å². The first kappa shape index (κ1) is 16.1. The van der Waals surface area contributed by atoms with Gasteiger partial charge in [-0.1, -0.05) is 13.3 Å². The zero-order valence-electron chi connectivity index (χ0n) is 12.8. The van der Waals surface area contributed by atoms with E-state index in [1.807, 2.05) is 6.92 Å². The van der Waals surface area contributed by atoms with Crippen molar-refractivity contribution in [2.75, 3.05) is 25.1 Å². The van der Waals surface area contributed by atoms with Crippen LogP contribution < -0.4 is 20.1 Å². The number of ether oxygens (including phenoxy) is 2. The van der Waals surface area contributed by atoms with Crippen LogP contribution in [0.2, 0.25) is 0 Å². The van der Waals surface area contributed by atoms with E-state index in [4.69, 9.17) is 9.47 Å². The van der Waals surface area contributed by atoms with Gasteiger partial charge in [-0.3, -0.25) is 9.59 Å². The SMILES string of the molecule is CCCCC(=O)NCCC(=O)Nc1ccc2c(c1)OCCO2. The van der Waals surface area contributed by atoms with Crippen LogP contribution in [0.3, 0.4) is 0 Å². The van der Waals surface area contributed by atoms with Crippen LogP contribution in [0.4, 0.5) is 5.69 Å². The van der Waals surface area contributed by atoms with E-state index in [2.05, 4.69) is 10.6 Å². The van der Waals surface area contributed by atoms with Gasteiger partial charge in [0, 0.05) is 31.1 Å². The van der Waals surface area contributed by atoms with E-state index < -0.39 is 0 Å². The van der Waals surface area contributed by atoms with E-state index in [1.54, 1.807) is 18.2 Å². The molecule has 0 bridgehead atoms. The molecule has 0 saturated carbocycles. The number of unbranched alkanes of at least 4 members (excludes halogenated alkanes) is 1. The second-order valence-corrected chi connectivity index (χ2v) is 5.11. The number of hydrogen-bond acceptors (Lipinski definition) is 4. The molecule has 0 aliphatic carbocycles. The molecular weight excluding hydrogens is 284 g/mol. The molecule has 2 N–H and O–H groups in total. The van der Waals surface area contributed by atoms with Crippen LogP contribution in [-0.4, -0.2) is 31.6 Å². The fourth-order valence-electron chi connectivity index (χ4n) is 2.09. The maximum Gasteiger partial charge on any atom is 0.226 e. The van der Waals surface area contributed by atoms with E-state index in [1.165, 1.54) is 0 Å². The number of fused-ring (bicyclic) bond motifs is 1. The molecule has 1 aliphatic heterocycles. The van der Waals surface area contributed by atoms with Crippen LogP contribution in [0.5, 0.6) is 11.5 Å². The summed E-state index contributed by atoms with van der Waals surface area (Å²) in [6.07, 6.45) is 2.61. The predicted octanol–water partition coefficient (Wildman–Crippen LogP) is 2.09. The number of benzene rings is 1. The van der Waals surface area contributed by atoms with E-state index in [9.17, 15) is 9.59 Å². The molecule has 6 heteroatoms. The van der Waals surface area contributed by atoms with Crippen LogP contribution in [0.25, 0.3) is 0 Å². The lowest BCUT2D eigenvalue weighted by Gasteiger charge is -2.19. The Kier molecular flexibility index (Phi) is 6.06. The smallest absolute Gasteiger partial charge is 0.226 e. The van der Waals surface area contributed by atoms with Gasteiger partial charge in [0.05, 0.1) is 0 Å². The molecule has 2 amide bonds. The standard InChI is InChI=1S/C16H22N2O4/c1-2-3-4-15(19)17-8-7-16(20)18-12-5-6-13-14(11-12)22-10-9-21-13/h5-6,11H,2-4,7-10H2,1H3,(H,17,19)(H,18,20). The zero-order valence-corrected chi connectivity index (χ0v) is 12.8. The topological polar surface area (TPSA) is 76.7 Å². The second kappa shape index (κ2) is 8.26. The lowest BCUT2D eigenvalue weighted by molar-refractivity contribution is -0.121. The number of carbonyl (C=O) groups is 2. The van der Waals surface area contributed by atoms with Crippen LogP contribution in [0.15, 0.2) is 18.2 Å². The minimum atomic E-state index is -0.146. The Morgan fingerprint density at radius 3 is 2.64 bits per heavy atom. The quantitative estimate of drug-likeness (QED) is 0.809. The third-order valence-corrected chi connectivity index (χ3v) is 3.26. The van der Waals surface area contributed by atoms with E-state index in [-0.39, 0.29) is 18.2 Å². The molecule has 1 aromatic rings. The van der Waals surface area contributed by atoms with Gasteiger partial charge in [0.1, 0.15) is 13.2 Å². The summed E-state index contributed by atoms with van der Waals surface area (Å²) in [5, 5.41) is 5.52. The summed E-state index contributed by atoms with van der Waals surface area (Å²) in [6.45, 7) is 3.43. The lowest BCUT2D eigenvalue weighted by Crippen LogP contribution is -2.27. The summed E-state index contributed by atoms with van der Waals surface area (Å²) in [5.74, 6) is 1.17. The van der Waals surface area contributed by atoms with Gasteiger partial charge in [0.25, 0.3) is 0 Å². The number of hydrogen-bond donors (Lipinski definition) is 2. The molecule has 1 heterocycles. The third-order valence-electron chi connectivity index (χ3n) is 3.26. The normalized spacial score (nSPS) is 12.6. The first-order chi connectivity index (χ1) is 10.7. The van der Waals surface area contributed by atoms with Crippen LogP contribution in [0.1, 0.15) is 32.6 Å². The molecule has 1 aliphatic rings. The fraction of sp³-hybridized carbons (Fsp3) is 0.500. The fourth-order valence-corrected chi connectivity index (χ4v) is 2.09. The first-order valence-corrected chi connectivity index (χ1v) is 7.65. The van der Waals surface area contributed by atoms with Gasteiger partial charge in [-0.15, -0.1) is 0 Å². The van der Waals surface area contributed by atoms with Gasteiger partial charge in [-0.05, 0) is 18.6 Å². The average molecular weight is 306 g/mol. The van der Waals surface area contributed by atoms with Crippen molar-refractivity contribution in [3.05, 3.63) is 18.2 Å². The van der Waals surface area contributed by atoms with Crippen molar-refractivity contribution in [1.29, 1.82) is 0 Å². The maximum absolute atomic E-state index is 11.8. The number of rotatable bonds is 7. The van der Waals surface area contributed by atoms with Gasteiger partial charge in [0.2, 0.25) is 11.8 Å². The molecule has 0 fully saturated rings. The van der Waals surface area contributed by atoms with Gasteiger partial charge in [0.15, 0.2) is 11.5 Å². The Morgan fingerprint density at radius 2 is 1.86 bits per heavy atom. The van der Waals surface area contributed by atoms with Crippen molar-refractivity contribution in [3.63, 3.8) is 0 Å². The van der Waals surface area contributed by atoms with E-state index >= 15 is 0 Å².